The molecule has 1 heterocycles. The van der Waals surface area contributed by atoms with Crippen LogP contribution in [0.25, 0.3) is 11.1 Å². The third kappa shape index (κ3) is 3.89. The van der Waals surface area contributed by atoms with E-state index in [0.717, 1.165) is 16.8 Å². The van der Waals surface area contributed by atoms with E-state index >= 15 is 0 Å². The van der Waals surface area contributed by atoms with Gasteiger partial charge >= 0.3 is 0 Å². The first kappa shape index (κ1) is 19.2. The molecule has 4 rings (SSSR count). The maximum absolute atomic E-state index is 12.9. The van der Waals surface area contributed by atoms with Crippen LogP contribution in [0.5, 0.6) is 0 Å². The Kier molecular flexibility index (Phi) is 5.12. The van der Waals surface area contributed by atoms with Gasteiger partial charge in [0, 0.05) is 17.3 Å². The molecule has 1 amide bonds. The third-order valence-electron chi connectivity index (χ3n) is 4.84. The molecule has 0 unspecified atom stereocenters. The van der Waals surface area contributed by atoms with E-state index in [9.17, 15) is 9.59 Å². The number of nitrogens with zero attached hydrogens (tertiary/aromatic N) is 1. The fourth-order valence-electron chi connectivity index (χ4n) is 3.29. The largest absolute Gasteiger partial charge is 0.289 e. The van der Waals surface area contributed by atoms with Gasteiger partial charge in [-0.05, 0) is 37.1 Å². The number of anilines is 1. The Labute approximate surface area is 175 Å². The van der Waals surface area contributed by atoms with Crippen LogP contribution in [0.1, 0.15) is 24.2 Å². The highest BCUT2D eigenvalue weighted by molar-refractivity contribution is 8.05. The number of rotatable bonds is 4. The van der Waals surface area contributed by atoms with Crippen LogP contribution in [0.3, 0.4) is 0 Å². The molecule has 3 aromatic rings. The molecule has 4 heteroatoms. The fraction of sp³-hybridized carbons (Fsp3) is 0.120. The molecule has 0 radical (unpaired) electrons. The molecule has 29 heavy (non-hydrogen) atoms. The van der Waals surface area contributed by atoms with Crippen molar-refractivity contribution < 1.29 is 9.59 Å². The van der Waals surface area contributed by atoms with E-state index in [1.165, 1.54) is 11.8 Å². The van der Waals surface area contributed by atoms with Crippen molar-refractivity contribution in [2.75, 3.05) is 4.90 Å². The van der Waals surface area contributed by atoms with Crippen molar-refractivity contribution in [3.8, 4) is 11.1 Å². The molecule has 1 fully saturated rings. The molecule has 1 aliphatic rings. The van der Waals surface area contributed by atoms with Crippen LogP contribution < -0.4 is 4.90 Å². The minimum absolute atomic E-state index is 0.0211. The number of hydrogen-bond donors (Lipinski definition) is 0. The van der Waals surface area contributed by atoms with Gasteiger partial charge in [0.2, 0.25) is 5.91 Å². The van der Waals surface area contributed by atoms with Gasteiger partial charge in [0.05, 0.1) is 9.78 Å². The van der Waals surface area contributed by atoms with E-state index in [1.54, 1.807) is 11.0 Å². The van der Waals surface area contributed by atoms with Crippen LogP contribution in [0.4, 0.5) is 5.69 Å². The van der Waals surface area contributed by atoms with Gasteiger partial charge in [-0.25, -0.2) is 0 Å². The molecule has 0 saturated carbocycles. The zero-order valence-electron chi connectivity index (χ0n) is 16.3. The number of thioether (sulfide) groups is 1. The Bertz CT molecular complexity index is 1070. The molecule has 1 saturated heterocycles. The predicted octanol–water partition coefficient (Wildman–Crippen LogP) is 5.94. The van der Waals surface area contributed by atoms with E-state index < -0.39 is 4.75 Å². The Morgan fingerprint density at radius 2 is 1.38 bits per heavy atom. The Hall–Kier alpha value is -3.11. The van der Waals surface area contributed by atoms with Crippen molar-refractivity contribution in [3.05, 3.63) is 102 Å². The number of amides is 1. The number of carbonyl (C=O) groups is 2. The molecule has 144 valence electrons. The minimum Gasteiger partial charge on any atom is -0.289 e. The van der Waals surface area contributed by atoms with E-state index in [1.807, 2.05) is 98.8 Å². The lowest BCUT2D eigenvalue weighted by atomic mass is 10.0. The standard InChI is InChI=1S/C25H21NO2S/c1-25(2)24(28)26(21-11-7-4-8-12-21)23(29-25)17-22(27)20-15-13-19(14-16-20)18-9-5-3-6-10-18/h3-17H,1-2H3/b23-17-. The van der Waals surface area contributed by atoms with Crippen molar-refractivity contribution in [2.45, 2.75) is 18.6 Å². The minimum atomic E-state index is -0.612. The van der Waals surface area contributed by atoms with Gasteiger partial charge in [-0.15, -0.1) is 0 Å². The maximum Gasteiger partial charge on any atom is 0.248 e. The molecule has 0 atom stereocenters. The highest BCUT2D eigenvalue weighted by atomic mass is 32.2. The van der Waals surface area contributed by atoms with Crippen molar-refractivity contribution in [2.24, 2.45) is 0 Å². The normalized spacial score (nSPS) is 17.0. The van der Waals surface area contributed by atoms with Crippen LogP contribution in [0.15, 0.2) is 96.0 Å². The number of carbonyl (C=O) groups excluding carboxylic acids is 2. The first-order valence-corrected chi connectivity index (χ1v) is 10.3. The molecule has 0 aliphatic carbocycles. The molecule has 3 nitrogen and oxygen atoms in total. The molecule has 1 aliphatic heterocycles. The monoisotopic (exact) mass is 399 g/mol. The van der Waals surface area contributed by atoms with Crippen LogP contribution in [-0.2, 0) is 4.79 Å². The van der Waals surface area contributed by atoms with Crippen molar-refractivity contribution in [1.29, 1.82) is 0 Å². The summed E-state index contributed by atoms with van der Waals surface area (Å²) in [6.45, 7) is 3.77. The maximum atomic E-state index is 12.9. The van der Waals surface area contributed by atoms with E-state index in [-0.39, 0.29) is 11.7 Å². The van der Waals surface area contributed by atoms with E-state index in [2.05, 4.69) is 0 Å². The van der Waals surface area contributed by atoms with Crippen LogP contribution in [0, 0.1) is 0 Å². The smallest absolute Gasteiger partial charge is 0.248 e. The van der Waals surface area contributed by atoms with E-state index in [4.69, 9.17) is 0 Å². The molecule has 0 bridgehead atoms. The van der Waals surface area contributed by atoms with Crippen molar-refractivity contribution >= 4 is 29.1 Å². The Morgan fingerprint density at radius 3 is 2.00 bits per heavy atom. The van der Waals surface area contributed by atoms with Gasteiger partial charge in [0.1, 0.15) is 0 Å². The summed E-state index contributed by atoms with van der Waals surface area (Å²) in [5.41, 5.74) is 3.54. The van der Waals surface area contributed by atoms with E-state index in [0.29, 0.717) is 10.6 Å². The van der Waals surface area contributed by atoms with Crippen molar-refractivity contribution in [1.82, 2.24) is 0 Å². The molecule has 0 spiro atoms. The highest BCUT2D eigenvalue weighted by Gasteiger charge is 2.44. The predicted molar refractivity (Wildman–Crippen MR) is 120 cm³/mol. The first-order chi connectivity index (χ1) is 14.0. The lowest BCUT2D eigenvalue weighted by Crippen LogP contribution is -2.34. The quantitative estimate of drug-likeness (QED) is 0.403. The molecular formula is C25H21NO2S. The molecule has 3 aromatic carbocycles. The topological polar surface area (TPSA) is 37.4 Å². The van der Waals surface area contributed by atoms with Gasteiger partial charge < -0.3 is 0 Å². The van der Waals surface area contributed by atoms with Crippen molar-refractivity contribution in [3.63, 3.8) is 0 Å². The van der Waals surface area contributed by atoms with Gasteiger partial charge in [-0.3, -0.25) is 14.5 Å². The summed E-state index contributed by atoms with van der Waals surface area (Å²) in [5, 5.41) is 0.656. The molecule has 0 aromatic heterocycles. The zero-order valence-corrected chi connectivity index (χ0v) is 17.1. The van der Waals surface area contributed by atoms with Gasteiger partial charge in [0.15, 0.2) is 5.78 Å². The second kappa shape index (κ2) is 7.72. The average molecular weight is 400 g/mol. The number of hydrogen-bond acceptors (Lipinski definition) is 3. The summed E-state index contributed by atoms with van der Waals surface area (Å²) in [4.78, 5) is 27.5. The number of allylic oxidation sites excluding steroid dienone is 1. The van der Waals surface area contributed by atoms with Gasteiger partial charge in [0.25, 0.3) is 0 Å². The SMILES string of the molecule is CC1(C)S/C(=C\C(=O)c2ccc(-c3ccccc3)cc2)N(c2ccccc2)C1=O. The number of ketones is 1. The third-order valence-corrected chi connectivity index (χ3v) is 6.04. The first-order valence-electron chi connectivity index (χ1n) is 9.46. The summed E-state index contributed by atoms with van der Waals surface area (Å²) in [6.07, 6.45) is 1.57. The average Bonchev–Trinajstić information content (AvgIpc) is 2.97. The second-order valence-corrected chi connectivity index (χ2v) is 9.02. The fourth-order valence-corrected chi connectivity index (χ4v) is 4.44. The van der Waals surface area contributed by atoms with Gasteiger partial charge in [-0.2, -0.15) is 0 Å². The second-order valence-electron chi connectivity index (χ2n) is 7.38. The molecule has 0 N–H and O–H groups in total. The summed E-state index contributed by atoms with van der Waals surface area (Å²) in [7, 11) is 0. The lowest BCUT2D eigenvalue weighted by molar-refractivity contribution is -0.119. The number of para-hydroxylation sites is 1. The summed E-state index contributed by atoms with van der Waals surface area (Å²) < 4.78 is -0.612. The Balaban J connectivity index is 1.63. The summed E-state index contributed by atoms with van der Waals surface area (Å²) in [5.74, 6) is -0.134. The number of benzene rings is 3. The van der Waals surface area contributed by atoms with Crippen LogP contribution in [-0.4, -0.2) is 16.4 Å². The molecular weight excluding hydrogens is 378 g/mol. The van der Waals surface area contributed by atoms with Crippen LogP contribution >= 0.6 is 11.8 Å². The van der Waals surface area contributed by atoms with Crippen LogP contribution in [0.2, 0.25) is 0 Å². The Morgan fingerprint density at radius 1 is 0.828 bits per heavy atom. The highest BCUT2D eigenvalue weighted by Crippen LogP contribution is 2.45. The van der Waals surface area contributed by atoms with Gasteiger partial charge in [-0.1, -0.05) is 84.6 Å². The summed E-state index contributed by atoms with van der Waals surface area (Å²) >= 11 is 1.42. The zero-order chi connectivity index (χ0) is 20.4. The lowest BCUT2D eigenvalue weighted by Gasteiger charge is -2.18. The summed E-state index contributed by atoms with van der Waals surface area (Å²) in [6, 6.07) is 27.1.